The Hall–Kier alpha value is -2.85. The summed E-state index contributed by atoms with van der Waals surface area (Å²) in [6.07, 6.45) is 1.39. The molecule has 136 valence electrons. The minimum absolute atomic E-state index is 0.434. The van der Waals surface area contributed by atoms with Crippen LogP contribution in [0.5, 0.6) is 0 Å². The van der Waals surface area contributed by atoms with Gasteiger partial charge < -0.3 is 4.84 Å². The molecule has 0 aliphatic carbocycles. The highest BCUT2D eigenvalue weighted by Crippen LogP contribution is 2.27. The van der Waals surface area contributed by atoms with Crippen molar-refractivity contribution in [1.82, 2.24) is 0 Å². The summed E-state index contributed by atoms with van der Waals surface area (Å²) in [4.78, 5) is 19.5. The summed E-state index contributed by atoms with van der Waals surface area (Å²) in [6.45, 7) is 2.01. The highest BCUT2D eigenvalue weighted by molar-refractivity contribution is 7.99. The van der Waals surface area contributed by atoms with Gasteiger partial charge in [0.2, 0.25) is 0 Å². The molecule has 0 amide bonds. The molecule has 0 fully saturated rings. The summed E-state index contributed by atoms with van der Waals surface area (Å²) < 4.78 is 0. The van der Waals surface area contributed by atoms with Crippen LogP contribution in [0.25, 0.3) is 0 Å². The van der Waals surface area contributed by atoms with E-state index in [4.69, 9.17) is 4.84 Å². The molecule has 0 spiro atoms. The minimum atomic E-state index is -0.434. The number of benzene rings is 3. The van der Waals surface area contributed by atoms with Crippen molar-refractivity contribution in [2.45, 2.75) is 29.6 Å². The Bertz CT molecular complexity index is 891. The lowest BCUT2D eigenvalue weighted by Gasteiger charge is -2.06. The zero-order valence-electron chi connectivity index (χ0n) is 15.2. The van der Waals surface area contributed by atoms with Gasteiger partial charge in [0, 0.05) is 16.2 Å². The zero-order chi connectivity index (χ0) is 18.9. The van der Waals surface area contributed by atoms with Crippen molar-refractivity contribution < 1.29 is 9.63 Å². The smallest absolute Gasteiger partial charge is 0.313 e. The molecule has 3 aromatic rings. The van der Waals surface area contributed by atoms with Gasteiger partial charge >= 0.3 is 5.97 Å². The van der Waals surface area contributed by atoms with Crippen molar-refractivity contribution in [2.75, 3.05) is 0 Å². The van der Waals surface area contributed by atoms with E-state index in [0.29, 0.717) is 12.0 Å². The van der Waals surface area contributed by atoms with Crippen LogP contribution in [-0.2, 0) is 11.3 Å². The van der Waals surface area contributed by atoms with E-state index in [1.54, 1.807) is 36.0 Å². The van der Waals surface area contributed by atoms with E-state index >= 15 is 0 Å². The van der Waals surface area contributed by atoms with E-state index in [1.165, 1.54) is 9.79 Å². The average molecular weight is 375 g/mol. The van der Waals surface area contributed by atoms with E-state index in [-0.39, 0.29) is 0 Å². The predicted octanol–water partition coefficient (Wildman–Crippen LogP) is 6.00. The molecule has 0 N–H and O–H groups in total. The van der Waals surface area contributed by atoms with Gasteiger partial charge in [-0.25, -0.2) is 4.79 Å². The Kier molecular flexibility index (Phi) is 6.83. The molecule has 0 aliphatic rings. The van der Waals surface area contributed by atoms with Crippen molar-refractivity contribution in [3.63, 3.8) is 0 Å². The van der Waals surface area contributed by atoms with E-state index < -0.39 is 5.97 Å². The fourth-order valence-corrected chi connectivity index (χ4v) is 3.33. The summed E-state index contributed by atoms with van der Waals surface area (Å²) in [5.74, 6) is -0.434. The molecule has 0 aromatic heterocycles. The van der Waals surface area contributed by atoms with Crippen molar-refractivity contribution in [3.8, 4) is 0 Å². The molecule has 0 unspecified atom stereocenters. The van der Waals surface area contributed by atoms with Crippen LogP contribution in [0, 0.1) is 0 Å². The predicted molar refractivity (Wildman–Crippen MR) is 110 cm³/mol. The number of carbonyl (C=O) groups excluding carboxylic acids is 1. The van der Waals surface area contributed by atoms with Gasteiger partial charge in [-0.1, -0.05) is 72.4 Å². The normalized spacial score (nSPS) is 11.2. The van der Waals surface area contributed by atoms with Crippen molar-refractivity contribution in [2.24, 2.45) is 5.16 Å². The largest absolute Gasteiger partial charge is 0.365 e. The first kappa shape index (κ1) is 18.9. The third-order valence-corrected chi connectivity index (χ3v) is 5.00. The quantitative estimate of drug-likeness (QED) is 0.289. The number of carbonyl (C=O) groups is 1. The molecule has 27 heavy (non-hydrogen) atoms. The molecule has 0 saturated heterocycles. The molecule has 0 atom stereocenters. The molecular weight excluding hydrogens is 354 g/mol. The first-order valence-corrected chi connectivity index (χ1v) is 9.70. The van der Waals surface area contributed by atoms with Crippen molar-refractivity contribution >= 4 is 23.4 Å². The minimum Gasteiger partial charge on any atom is -0.313 e. The number of hydrogen-bond acceptors (Lipinski definition) is 4. The number of hydrogen-bond donors (Lipinski definition) is 0. The van der Waals surface area contributed by atoms with E-state index in [2.05, 4.69) is 41.6 Å². The third-order valence-electron chi connectivity index (χ3n) is 3.99. The van der Waals surface area contributed by atoms with Gasteiger partial charge in [-0.3, -0.25) is 0 Å². The highest BCUT2D eigenvalue weighted by Gasteiger charge is 2.07. The third kappa shape index (κ3) is 5.83. The lowest BCUT2D eigenvalue weighted by molar-refractivity contribution is 0.0514. The molecule has 0 saturated carbocycles. The maximum Gasteiger partial charge on any atom is 0.365 e. The Labute approximate surface area is 164 Å². The van der Waals surface area contributed by atoms with E-state index in [9.17, 15) is 4.79 Å². The van der Waals surface area contributed by atoms with Crippen LogP contribution in [-0.4, -0.2) is 11.7 Å². The van der Waals surface area contributed by atoms with Gasteiger partial charge in [-0.15, -0.1) is 0 Å². The van der Waals surface area contributed by atoms with Crippen LogP contribution in [0.3, 0.4) is 0 Å². The van der Waals surface area contributed by atoms with E-state index in [0.717, 1.165) is 17.7 Å². The molecule has 4 heteroatoms. The molecule has 3 nitrogen and oxygen atoms in total. The Morgan fingerprint density at radius 1 is 0.852 bits per heavy atom. The molecule has 3 rings (SSSR count). The monoisotopic (exact) mass is 375 g/mol. The fourth-order valence-electron chi connectivity index (χ4n) is 2.49. The number of oxime groups is 1. The van der Waals surface area contributed by atoms with Crippen LogP contribution in [0.1, 0.15) is 29.3 Å². The first-order chi connectivity index (χ1) is 13.2. The molecule has 3 aromatic carbocycles. The van der Waals surface area contributed by atoms with Crippen LogP contribution < -0.4 is 0 Å². The lowest BCUT2D eigenvalue weighted by Crippen LogP contribution is -2.06. The second kappa shape index (κ2) is 9.74. The van der Waals surface area contributed by atoms with Crippen LogP contribution in [0.15, 0.2) is 99.9 Å². The SMILES string of the molecule is CCC(Cc1ccc(Sc2ccccc2)cc1)=NOC(=O)c1ccccc1. The van der Waals surface area contributed by atoms with Crippen LogP contribution >= 0.6 is 11.8 Å². The van der Waals surface area contributed by atoms with Gasteiger partial charge in [-0.2, -0.15) is 0 Å². The summed E-state index contributed by atoms with van der Waals surface area (Å²) >= 11 is 1.73. The van der Waals surface area contributed by atoms with Gasteiger partial charge in [-0.05, 0) is 48.4 Å². The maximum absolute atomic E-state index is 12.0. The topological polar surface area (TPSA) is 38.7 Å². The Balaban J connectivity index is 1.60. The molecule has 0 aliphatic heterocycles. The first-order valence-electron chi connectivity index (χ1n) is 8.88. The van der Waals surface area contributed by atoms with Crippen molar-refractivity contribution in [1.29, 1.82) is 0 Å². The molecule has 0 radical (unpaired) electrons. The fraction of sp³-hybridized carbons (Fsp3) is 0.130. The Morgan fingerprint density at radius 3 is 2.07 bits per heavy atom. The molecule has 0 heterocycles. The van der Waals surface area contributed by atoms with Crippen LogP contribution in [0.4, 0.5) is 0 Å². The summed E-state index contributed by atoms with van der Waals surface area (Å²) in [5, 5.41) is 4.07. The molecular formula is C23H21NO2S. The van der Waals surface area contributed by atoms with Gasteiger partial charge in [0.1, 0.15) is 0 Å². The summed E-state index contributed by atoms with van der Waals surface area (Å²) in [7, 11) is 0. The van der Waals surface area contributed by atoms with Gasteiger partial charge in [0.25, 0.3) is 0 Å². The standard InChI is InChI=1S/C23H21NO2S/c1-2-20(24-26-23(25)19-9-5-3-6-10-19)17-18-13-15-22(16-14-18)27-21-11-7-4-8-12-21/h3-16H,2,17H2,1H3. The lowest BCUT2D eigenvalue weighted by atomic mass is 10.1. The number of nitrogens with zero attached hydrogens (tertiary/aromatic N) is 1. The van der Waals surface area contributed by atoms with E-state index in [1.807, 2.05) is 31.2 Å². The average Bonchev–Trinajstić information content (AvgIpc) is 2.73. The van der Waals surface area contributed by atoms with Crippen LogP contribution in [0.2, 0.25) is 0 Å². The Morgan fingerprint density at radius 2 is 1.44 bits per heavy atom. The molecule has 0 bridgehead atoms. The highest BCUT2D eigenvalue weighted by atomic mass is 32.2. The van der Waals surface area contributed by atoms with Gasteiger partial charge in [0.05, 0.1) is 11.3 Å². The number of rotatable bonds is 7. The second-order valence-electron chi connectivity index (χ2n) is 5.99. The zero-order valence-corrected chi connectivity index (χ0v) is 16.0. The summed E-state index contributed by atoms with van der Waals surface area (Å²) in [5.41, 5.74) is 2.48. The summed E-state index contributed by atoms with van der Waals surface area (Å²) in [6, 6.07) is 27.6. The van der Waals surface area contributed by atoms with Crippen molar-refractivity contribution in [3.05, 3.63) is 96.1 Å². The maximum atomic E-state index is 12.0. The second-order valence-corrected chi connectivity index (χ2v) is 7.14. The van der Waals surface area contributed by atoms with Gasteiger partial charge in [0.15, 0.2) is 0 Å².